The largest absolute Gasteiger partial charge is 0.417 e. The molecule has 0 aliphatic carbocycles. The molecule has 0 amide bonds. The molecule has 4 rings (SSSR count). The van der Waals surface area contributed by atoms with E-state index in [0.29, 0.717) is 24.4 Å². The molecule has 136 valence electrons. The van der Waals surface area contributed by atoms with Gasteiger partial charge in [-0.3, -0.25) is 9.71 Å². The van der Waals surface area contributed by atoms with Gasteiger partial charge in [-0.2, -0.15) is 0 Å². The molecule has 2 aromatic carbocycles. The number of aromatic amines is 1. The third kappa shape index (κ3) is 3.31. The highest BCUT2D eigenvalue weighted by Gasteiger charge is 2.17. The second-order valence-electron chi connectivity index (χ2n) is 5.93. The third-order valence-electron chi connectivity index (χ3n) is 4.18. The van der Waals surface area contributed by atoms with Crippen molar-refractivity contribution in [3.63, 3.8) is 0 Å². The van der Waals surface area contributed by atoms with Gasteiger partial charge in [0.25, 0.3) is 10.0 Å². The fraction of sp³-hybridized carbons (Fsp3) is 0.235. The Morgan fingerprint density at radius 1 is 1.08 bits per heavy atom. The number of aromatic nitrogens is 1. The Hall–Kier alpha value is -2.78. The first-order valence-corrected chi connectivity index (χ1v) is 9.58. The number of nitrogens with zero attached hydrogens (tertiary/aromatic N) is 1. The molecule has 0 saturated carbocycles. The van der Waals surface area contributed by atoms with Crippen LogP contribution in [0.2, 0.25) is 0 Å². The van der Waals surface area contributed by atoms with Crippen LogP contribution in [-0.4, -0.2) is 39.7 Å². The molecule has 26 heavy (non-hydrogen) atoms. The molecule has 2 heterocycles. The van der Waals surface area contributed by atoms with Gasteiger partial charge in [-0.05, 0) is 30.3 Å². The summed E-state index contributed by atoms with van der Waals surface area (Å²) in [6.45, 7) is 2.83. The Kier molecular flexibility index (Phi) is 4.17. The smallest absolute Gasteiger partial charge is 0.408 e. The minimum atomic E-state index is -3.81. The standard InChI is InChI=1S/C17H17N3O5S/c21-17-18-15-5-4-14(11-16(15)25-17)26(22,23)19-12-2-1-3-13(10-12)20-6-8-24-9-7-20/h1-5,10-11,19H,6-9H2,(H,18,21). The number of morpholine rings is 1. The summed E-state index contributed by atoms with van der Waals surface area (Å²) in [5.74, 6) is -0.624. The van der Waals surface area contributed by atoms with E-state index in [9.17, 15) is 13.2 Å². The van der Waals surface area contributed by atoms with Crippen molar-refractivity contribution < 1.29 is 17.6 Å². The number of rotatable bonds is 4. The molecular weight excluding hydrogens is 358 g/mol. The fourth-order valence-electron chi connectivity index (χ4n) is 2.89. The maximum Gasteiger partial charge on any atom is 0.417 e. The van der Waals surface area contributed by atoms with Crippen LogP contribution in [-0.2, 0) is 14.8 Å². The zero-order valence-corrected chi connectivity index (χ0v) is 14.6. The number of hydrogen-bond donors (Lipinski definition) is 2. The van der Waals surface area contributed by atoms with Gasteiger partial charge in [0.05, 0.1) is 29.3 Å². The minimum absolute atomic E-state index is 0.0181. The molecule has 3 aromatic rings. The summed E-state index contributed by atoms with van der Waals surface area (Å²) in [6.07, 6.45) is 0. The molecule has 1 fully saturated rings. The molecule has 1 saturated heterocycles. The van der Waals surface area contributed by atoms with Crippen LogP contribution in [0.4, 0.5) is 11.4 Å². The van der Waals surface area contributed by atoms with E-state index in [2.05, 4.69) is 14.6 Å². The average molecular weight is 375 g/mol. The van der Waals surface area contributed by atoms with Crippen LogP contribution >= 0.6 is 0 Å². The topological polar surface area (TPSA) is 105 Å². The highest BCUT2D eigenvalue weighted by molar-refractivity contribution is 7.92. The summed E-state index contributed by atoms with van der Waals surface area (Å²) in [6, 6.07) is 11.5. The Morgan fingerprint density at radius 2 is 1.88 bits per heavy atom. The number of hydrogen-bond acceptors (Lipinski definition) is 6. The van der Waals surface area contributed by atoms with E-state index in [1.165, 1.54) is 18.2 Å². The van der Waals surface area contributed by atoms with E-state index in [1.807, 2.05) is 6.07 Å². The Bertz CT molecular complexity index is 1100. The van der Waals surface area contributed by atoms with Crippen LogP contribution in [0.1, 0.15) is 0 Å². The van der Waals surface area contributed by atoms with Crippen LogP contribution < -0.4 is 15.4 Å². The predicted molar refractivity (Wildman–Crippen MR) is 97.1 cm³/mol. The molecule has 8 nitrogen and oxygen atoms in total. The molecule has 2 N–H and O–H groups in total. The number of sulfonamides is 1. The first-order valence-electron chi connectivity index (χ1n) is 8.10. The molecule has 0 bridgehead atoms. The van der Waals surface area contributed by atoms with Crippen molar-refractivity contribution in [3.05, 3.63) is 53.0 Å². The third-order valence-corrected chi connectivity index (χ3v) is 5.56. The van der Waals surface area contributed by atoms with E-state index in [0.717, 1.165) is 18.8 Å². The molecule has 1 aliphatic heterocycles. The second kappa shape index (κ2) is 6.50. The zero-order valence-electron chi connectivity index (χ0n) is 13.8. The molecule has 0 unspecified atom stereocenters. The fourth-order valence-corrected chi connectivity index (χ4v) is 3.96. The maximum absolute atomic E-state index is 12.7. The first kappa shape index (κ1) is 16.7. The van der Waals surface area contributed by atoms with Gasteiger partial charge in [-0.1, -0.05) is 6.07 Å². The SMILES string of the molecule is O=c1[nH]c2ccc(S(=O)(=O)Nc3cccc(N4CCOCC4)c3)cc2o1. The van der Waals surface area contributed by atoms with Gasteiger partial charge in [0, 0.05) is 24.8 Å². The predicted octanol–water partition coefficient (Wildman–Crippen LogP) is 1.76. The summed E-state index contributed by atoms with van der Waals surface area (Å²) >= 11 is 0. The lowest BCUT2D eigenvalue weighted by Crippen LogP contribution is -2.36. The lowest BCUT2D eigenvalue weighted by Gasteiger charge is -2.29. The van der Waals surface area contributed by atoms with Crippen molar-refractivity contribution in [2.75, 3.05) is 35.9 Å². The molecular formula is C17H17N3O5S. The number of oxazole rings is 1. The van der Waals surface area contributed by atoms with Crippen molar-refractivity contribution in [3.8, 4) is 0 Å². The van der Waals surface area contributed by atoms with Gasteiger partial charge in [0.2, 0.25) is 0 Å². The highest BCUT2D eigenvalue weighted by atomic mass is 32.2. The lowest BCUT2D eigenvalue weighted by molar-refractivity contribution is 0.122. The maximum atomic E-state index is 12.7. The van der Waals surface area contributed by atoms with Crippen molar-refractivity contribution >= 4 is 32.5 Å². The number of ether oxygens (including phenoxy) is 1. The van der Waals surface area contributed by atoms with E-state index in [-0.39, 0.29) is 10.5 Å². The first-order chi connectivity index (χ1) is 12.5. The van der Waals surface area contributed by atoms with Crippen LogP contribution in [0.25, 0.3) is 11.1 Å². The molecule has 0 radical (unpaired) electrons. The minimum Gasteiger partial charge on any atom is -0.408 e. The summed E-state index contributed by atoms with van der Waals surface area (Å²) in [5, 5.41) is 0. The van der Waals surface area contributed by atoms with Crippen molar-refractivity contribution in [1.82, 2.24) is 4.98 Å². The lowest BCUT2D eigenvalue weighted by atomic mass is 10.2. The highest BCUT2D eigenvalue weighted by Crippen LogP contribution is 2.24. The Morgan fingerprint density at radius 3 is 2.69 bits per heavy atom. The van der Waals surface area contributed by atoms with Gasteiger partial charge in [-0.25, -0.2) is 13.2 Å². The van der Waals surface area contributed by atoms with E-state index in [1.54, 1.807) is 18.2 Å². The molecule has 9 heteroatoms. The number of nitrogens with one attached hydrogen (secondary N) is 2. The normalized spacial score (nSPS) is 15.3. The molecule has 0 atom stereocenters. The second-order valence-corrected chi connectivity index (χ2v) is 7.61. The van der Waals surface area contributed by atoms with Crippen molar-refractivity contribution in [1.29, 1.82) is 0 Å². The number of fused-ring (bicyclic) bond motifs is 1. The number of H-pyrrole nitrogens is 1. The van der Waals surface area contributed by atoms with E-state index >= 15 is 0 Å². The van der Waals surface area contributed by atoms with Gasteiger partial charge in [0.1, 0.15) is 0 Å². The van der Waals surface area contributed by atoms with Crippen LogP contribution in [0.5, 0.6) is 0 Å². The average Bonchev–Trinajstić information content (AvgIpc) is 3.01. The quantitative estimate of drug-likeness (QED) is 0.720. The van der Waals surface area contributed by atoms with Crippen LogP contribution in [0, 0.1) is 0 Å². The van der Waals surface area contributed by atoms with Crippen LogP contribution in [0.15, 0.2) is 56.6 Å². The number of benzene rings is 2. The van der Waals surface area contributed by atoms with Crippen molar-refractivity contribution in [2.45, 2.75) is 4.90 Å². The van der Waals surface area contributed by atoms with E-state index in [4.69, 9.17) is 9.15 Å². The summed E-state index contributed by atoms with van der Waals surface area (Å²) in [7, 11) is -3.81. The van der Waals surface area contributed by atoms with Crippen LogP contribution in [0.3, 0.4) is 0 Å². The van der Waals surface area contributed by atoms with E-state index < -0.39 is 15.8 Å². The van der Waals surface area contributed by atoms with Crippen molar-refractivity contribution in [2.24, 2.45) is 0 Å². The van der Waals surface area contributed by atoms with Gasteiger partial charge < -0.3 is 14.1 Å². The summed E-state index contributed by atoms with van der Waals surface area (Å²) in [4.78, 5) is 15.9. The Labute approximate surface area is 149 Å². The molecule has 1 aromatic heterocycles. The summed E-state index contributed by atoms with van der Waals surface area (Å²) < 4.78 is 38.2. The summed E-state index contributed by atoms with van der Waals surface area (Å²) in [5.41, 5.74) is 2.04. The number of anilines is 2. The van der Waals surface area contributed by atoms with Gasteiger partial charge >= 0.3 is 5.76 Å². The zero-order chi connectivity index (χ0) is 18.1. The van der Waals surface area contributed by atoms with Gasteiger partial charge in [-0.15, -0.1) is 0 Å². The molecule has 0 spiro atoms. The Balaban J connectivity index is 1.61. The monoisotopic (exact) mass is 375 g/mol. The molecule has 1 aliphatic rings. The van der Waals surface area contributed by atoms with Gasteiger partial charge in [0.15, 0.2) is 5.58 Å².